The smallest absolute Gasteiger partial charge is 0.310 e. The maximum Gasteiger partial charge on any atom is 0.310 e. The fraction of sp³-hybridized carbons (Fsp3) is 0.611. The molecule has 0 fully saturated rings. The summed E-state index contributed by atoms with van der Waals surface area (Å²) in [6, 6.07) is 0. The van der Waals surface area contributed by atoms with E-state index in [0.29, 0.717) is 12.8 Å². The average molecular weight is 353 g/mol. The summed E-state index contributed by atoms with van der Waals surface area (Å²) >= 11 is 1.49. The van der Waals surface area contributed by atoms with Crippen LogP contribution in [0.15, 0.2) is 17.7 Å². The lowest BCUT2D eigenvalue weighted by Crippen LogP contribution is -2.35. The Labute approximate surface area is 147 Å². The molecule has 1 N–H and O–H groups in total. The van der Waals surface area contributed by atoms with Crippen LogP contribution in [0, 0.1) is 11.8 Å². The first-order valence-corrected chi connectivity index (χ1v) is 9.14. The second kappa shape index (κ2) is 9.57. The number of ether oxygens (including phenoxy) is 1. The van der Waals surface area contributed by atoms with Crippen molar-refractivity contribution in [3.05, 3.63) is 22.7 Å². The first-order chi connectivity index (χ1) is 11.2. The van der Waals surface area contributed by atoms with Crippen molar-refractivity contribution in [2.24, 2.45) is 11.8 Å². The Hall–Kier alpha value is -1.69. The van der Waals surface area contributed by atoms with Crippen molar-refractivity contribution in [3.8, 4) is 0 Å². The summed E-state index contributed by atoms with van der Waals surface area (Å²) in [4.78, 5) is 28.3. The largest absolute Gasteiger partial charge is 0.481 e. The van der Waals surface area contributed by atoms with Crippen molar-refractivity contribution >= 4 is 29.4 Å². The van der Waals surface area contributed by atoms with Crippen LogP contribution < -0.4 is 0 Å². The molecule has 0 aliphatic rings. The van der Waals surface area contributed by atoms with Gasteiger partial charge < -0.3 is 9.84 Å². The number of hydrogen-bond acceptors (Lipinski definition) is 5. The van der Waals surface area contributed by atoms with Gasteiger partial charge in [0, 0.05) is 11.6 Å². The summed E-state index contributed by atoms with van der Waals surface area (Å²) in [6.45, 7) is 7.36. The van der Waals surface area contributed by atoms with Gasteiger partial charge in [0.2, 0.25) is 0 Å². The zero-order chi connectivity index (χ0) is 18.2. The number of carboxylic acids is 1. The van der Waals surface area contributed by atoms with Gasteiger partial charge in [0.15, 0.2) is 0 Å². The molecule has 1 rings (SSSR count). The molecule has 1 aromatic heterocycles. The zero-order valence-electron chi connectivity index (χ0n) is 14.8. The number of carbonyl (C=O) groups excluding carboxylic acids is 1. The average Bonchev–Trinajstić information content (AvgIpc) is 2.96. The van der Waals surface area contributed by atoms with Crippen LogP contribution in [0.1, 0.15) is 58.4 Å². The van der Waals surface area contributed by atoms with Crippen LogP contribution in [0.5, 0.6) is 0 Å². The molecule has 2 atom stereocenters. The van der Waals surface area contributed by atoms with Crippen molar-refractivity contribution in [3.63, 3.8) is 0 Å². The molecule has 0 unspecified atom stereocenters. The van der Waals surface area contributed by atoms with Gasteiger partial charge in [-0.2, -0.15) is 0 Å². The van der Waals surface area contributed by atoms with Crippen LogP contribution >= 0.6 is 11.3 Å². The van der Waals surface area contributed by atoms with Crippen LogP contribution in [0.3, 0.4) is 0 Å². The third kappa shape index (κ3) is 7.25. The number of thiazole rings is 1. The highest BCUT2D eigenvalue weighted by Gasteiger charge is 2.35. The number of unbranched alkanes of at least 4 members (excludes halogenated alkanes) is 1. The molecule has 6 heteroatoms. The highest BCUT2D eigenvalue weighted by molar-refractivity contribution is 7.10. The molecule has 1 heterocycles. The Morgan fingerprint density at radius 2 is 2.08 bits per heavy atom. The molecular weight excluding hydrogens is 326 g/mol. The number of rotatable bonds is 9. The minimum absolute atomic E-state index is 0.329. The Kier molecular flexibility index (Phi) is 8.11. The van der Waals surface area contributed by atoms with Gasteiger partial charge in [0.05, 0.1) is 11.8 Å². The molecule has 24 heavy (non-hydrogen) atoms. The van der Waals surface area contributed by atoms with Gasteiger partial charge in [0.1, 0.15) is 10.6 Å². The number of esters is 1. The minimum Gasteiger partial charge on any atom is -0.481 e. The number of allylic oxidation sites excluding steroid dienone is 1. The number of aliphatic carboxylic acids is 1. The van der Waals surface area contributed by atoms with Crippen molar-refractivity contribution in [1.29, 1.82) is 0 Å². The van der Waals surface area contributed by atoms with E-state index in [1.165, 1.54) is 11.3 Å². The normalized spacial score (nSPS) is 14.5. The Morgan fingerprint density at radius 1 is 1.38 bits per heavy atom. The summed E-state index contributed by atoms with van der Waals surface area (Å²) in [7, 11) is 0. The third-order valence-electron chi connectivity index (χ3n) is 3.48. The Bertz CT molecular complexity index is 546. The molecule has 134 valence electrons. The molecule has 0 saturated carbocycles. The lowest BCUT2D eigenvalue weighted by molar-refractivity contribution is -0.166. The van der Waals surface area contributed by atoms with E-state index in [9.17, 15) is 14.7 Å². The van der Waals surface area contributed by atoms with Crippen LogP contribution in [0.25, 0.3) is 6.08 Å². The lowest BCUT2D eigenvalue weighted by Gasteiger charge is -2.26. The summed E-state index contributed by atoms with van der Waals surface area (Å²) in [5, 5.41) is 12.3. The highest BCUT2D eigenvalue weighted by Crippen LogP contribution is 2.27. The number of aromatic nitrogens is 1. The lowest BCUT2D eigenvalue weighted by atomic mass is 9.85. The molecule has 0 aliphatic carbocycles. The predicted octanol–water partition coefficient (Wildman–Crippen LogP) is 4.40. The monoisotopic (exact) mass is 353 g/mol. The summed E-state index contributed by atoms with van der Waals surface area (Å²) in [6.07, 6.45) is 7.80. The number of carbonyl (C=O) groups is 2. The van der Waals surface area contributed by atoms with Crippen molar-refractivity contribution in [2.45, 2.75) is 59.0 Å². The van der Waals surface area contributed by atoms with Crippen molar-refractivity contribution < 1.29 is 19.4 Å². The van der Waals surface area contributed by atoms with Crippen molar-refractivity contribution in [2.75, 3.05) is 0 Å². The number of nitrogens with zero attached hydrogens (tertiary/aromatic N) is 1. The maximum atomic E-state index is 12.5. The third-order valence-corrected chi connectivity index (χ3v) is 4.22. The molecule has 0 spiro atoms. The van der Waals surface area contributed by atoms with Crippen LogP contribution in [-0.4, -0.2) is 27.6 Å². The summed E-state index contributed by atoms with van der Waals surface area (Å²) in [5.74, 6) is -2.82. The van der Waals surface area contributed by atoms with Gasteiger partial charge in [-0.3, -0.25) is 9.59 Å². The SMILES string of the molecule is CCCC[C@@H](C(=O)O)[C@H](C/C=C/c1nccs1)C(=O)OC(C)(C)C. The quantitative estimate of drug-likeness (QED) is 0.666. The number of hydrogen-bond donors (Lipinski definition) is 1. The molecular formula is C18H27NO4S. The van der Waals surface area contributed by atoms with Gasteiger partial charge in [-0.15, -0.1) is 11.3 Å². The van der Waals surface area contributed by atoms with E-state index in [1.807, 2.05) is 24.5 Å². The molecule has 0 aliphatic heterocycles. The van der Waals surface area contributed by atoms with E-state index in [0.717, 1.165) is 17.8 Å². The molecule has 0 aromatic carbocycles. The van der Waals surface area contributed by atoms with E-state index >= 15 is 0 Å². The first-order valence-electron chi connectivity index (χ1n) is 8.26. The molecule has 0 amide bonds. The van der Waals surface area contributed by atoms with Gasteiger partial charge in [-0.1, -0.05) is 25.8 Å². The molecule has 5 nitrogen and oxygen atoms in total. The van der Waals surface area contributed by atoms with Gasteiger partial charge in [0.25, 0.3) is 0 Å². The first kappa shape index (κ1) is 20.4. The van der Waals surface area contributed by atoms with E-state index in [4.69, 9.17) is 4.74 Å². The molecule has 0 radical (unpaired) electrons. The van der Waals surface area contributed by atoms with Gasteiger partial charge in [-0.25, -0.2) is 4.98 Å². The predicted molar refractivity (Wildman–Crippen MR) is 95.8 cm³/mol. The molecule has 0 bridgehead atoms. The standard InChI is InChI=1S/C18H27NO4S/c1-5-6-8-13(16(20)21)14(17(22)23-18(2,3)4)9-7-10-15-19-11-12-24-15/h7,10-14H,5-6,8-9H2,1-4H3,(H,20,21)/b10-7+/t13-,14+/m1/s1. The highest BCUT2D eigenvalue weighted by atomic mass is 32.1. The summed E-state index contributed by atoms with van der Waals surface area (Å²) < 4.78 is 5.45. The van der Waals surface area contributed by atoms with Crippen molar-refractivity contribution in [1.82, 2.24) is 4.98 Å². The van der Waals surface area contributed by atoms with E-state index in [2.05, 4.69) is 4.98 Å². The number of carboxylic acid groups (broad SMARTS) is 1. The minimum atomic E-state index is -0.943. The van der Waals surface area contributed by atoms with Crippen LogP contribution in [-0.2, 0) is 14.3 Å². The second-order valence-electron chi connectivity index (χ2n) is 6.74. The Morgan fingerprint density at radius 3 is 2.58 bits per heavy atom. The van der Waals surface area contributed by atoms with Gasteiger partial charge >= 0.3 is 11.9 Å². The van der Waals surface area contributed by atoms with E-state index < -0.39 is 29.4 Å². The van der Waals surface area contributed by atoms with Crippen LogP contribution in [0.4, 0.5) is 0 Å². The zero-order valence-corrected chi connectivity index (χ0v) is 15.6. The van der Waals surface area contributed by atoms with E-state index in [-0.39, 0.29) is 0 Å². The maximum absolute atomic E-state index is 12.5. The summed E-state index contributed by atoms with van der Waals surface area (Å²) in [5.41, 5.74) is -0.637. The topological polar surface area (TPSA) is 76.5 Å². The van der Waals surface area contributed by atoms with Crippen LogP contribution in [0.2, 0.25) is 0 Å². The Balaban J connectivity index is 2.91. The fourth-order valence-electron chi connectivity index (χ4n) is 2.36. The molecule has 0 saturated heterocycles. The second-order valence-corrected chi connectivity index (χ2v) is 7.66. The fourth-order valence-corrected chi connectivity index (χ4v) is 2.91. The van der Waals surface area contributed by atoms with E-state index in [1.54, 1.807) is 27.0 Å². The van der Waals surface area contributed by atoms with Gasteiger partial charge in [-0.05, 0) is 39.7 Å². The molecule has 1 aromatic rings.